The summed E-state index contributed by atoms with van der Waals surface area (Å²) in [4.78, 5) is 25.2. The van der Waals surface area contributed by atoms with Gasteiger partial charge in [0, 0.05) is 27.3 Å². The maximum absolute atomic E-state index is 11.9. The lowest BCUT2D eigenvalue weighted by Crippen LogP contribution is -2.06. The van der Waals surface area contributed by atoms with Crippen LogP contribution in [-0.2, 0) is 6.42 Å². The number of carbonyl (C=O) groups is 2. The van der Waals surface area contributed by atoms with Gasteiger partial charge in [0.15, 0.2) is 5.78 Å². The molecule has 0 aliphatic heterocycles. The summed E-state index contributed by atoms with van der Waals surface area (Å²) in [5, 5.41) is 11.9. The fourth-order valence-corrected chi connectivity index (χ4v) is 3.27. The molecule has 0 spiro atoms. The molecule has 5 heteroatoms. The maximum atomic E-state index is 11.9. The number of Topliss-reactive ketones (excluding diaryl/α,β-unsaturated/α-hetero) is 2. The van der Waals surface area contributed by atoms with Gasteiger partial charge in [0.2, 0.25) is 5.78 Å². The normalized spacial score (nSPS) is 15.1. The van der Waals surface area contributed by atoms with Crippen LogP contribution in [0.2, 0.25) is 0 Å². The summed E-state index contributed by atoms with van der Waals surface area (Å²) >= 11 is 1.56. The standard InChI is InChI=1S/C17H13NO3S/c1-10(19)11-2-4-13(5-3-11)22-14-6-7-15-12(8-14)9-16(18-21)17(15)20/h2-8,21H,9H2,1H3. The van der Waals surface area contributed by atoms with Gasteiger partial charge in [-0.25, -0.2) is 0 Å². The van der Waals surface area contributed by atoms with Crippen molar-refractivity contribution in [3.63, 3.8) is 0 Å². The van der Waals surface area contributed by atoms with E-state index in [1.54, 1.807) is 36.9 Å². The first-order valence-corrected chi connectivity index (χ1v) is 7.57. The molecule has 0 atom stereocenters. The van der Waals surface area contributed by atoms with Gasteiger partial charge in [-0.1, -0.05) is 29.1 Å². The molecule has 0 unspecified atom stereocenters. The molecule has 0 fully saturated rings. The SMILES string of the molecule is CC(=O)c1ccc(Sc2ccc3c(c2)CC(=NO)C3=O)cc1. The number of carbonyl (C=O) groups excluding carboxylic acids is 2. The minimum absolute atomic E-state index is 0.0448. The second-order valence-electron chi connectivity index (χ2n) is 5.05. The molecule has 22 heavy (non-hydrogen) atoms. The van der Waals surface area contributed by atoms with E-state index in [9.17, 15) is 9.59 Å². The van der Waals surface area contributed by atoms with Crippen molar-refractivity contribution in [3.05, 3.63) is 59.2 Å². The number of hydrogen-bond donors (Lipinski definition) is 1. The molecule has 0 radical (unpaired) electrons. The molecule has 1 aliphatic rings. The number of benzene rings is 2. The third-order valence-corrected chi connectivity index (χ3v) is 4.56. The lowest BCUT2D eigenvalue weighted by Gasteiger charge is -2.04. The zero-order chi connectivity index (χ0) is 15.7. The van der Waals surface area contributed by atoms with Crippen LogP contribution in [0, 0.1) is 0 Å². The molecule has 4 nitrogen and oxygen atoms in total. The van der Waals surface area contributed by atoms with Crippen molar-refractivity contribution in [1.29, 1.82) is 0 Å². The highest BCUT2D eigenvalue weighted by Gasteiger charge is 2.27. The summed E-state index contributed by atoms with van der Waals surface area (Å²) < 4.78 is 0. The second kappa shape index (κ2) is 5.77. The first-order valence-electron chi connectivity index (χ1n) is 6.76. The van der Waals surface area contributed by atoms with Crippen LogP contribution >= 0.6 is 11.8 Å². The van der Waals surface area contributed by atoms with Gasteiger partial charge in [-0.3, -0.25) is 9.59 Å². The molecule has 0 aromatic heterocycles. The predicted octanol–water partition coefficient (Wildman–Crippen LogP) is 3.61. The van der Waals surface area contributed by atoms with Gasteiger partial charge < -0.3 is 5.21 Å². The molecule has 0 bridgehead atoms. The predicted molar refractivity (Wildman–Crippen MR) is 84.3 cm³/mol. The van der Waals surface area contributed by atoms with Crippen molar-refractivity contribution in [2.45, 2.75) is 23.1 Å². The lowest BCUT2D eigenvalue weighted by atomic mass is 10.1. The average molecular weight is 311 g/mol. The summed E-state index contributed by atoms with van der Waals surface area (Å²) in [6, 6.07) is 13.0. The van der Waals surface area contributed by atoms with Gasteiger partial charge in [-0.05, 0) is 42.8 Å². The van der Waals surface area contributed by atoms with E-state index in [1.165, 1.54) is 0 Å². The van der Waals surface area contributed by atoms with Crippen molar-refractivity contribution >= 4 is 29.0 Å². The minimum atomic E-state index is -0.208. The number of ketones is 2. The Morgan fingerprint density at radius 1 is 1.14 bits per heavy atom. The van der Waals surface area contributed by atoms with Crippen LogP contribution in [-0.4, -0.2) is 22.5 Å². The van der Waals surface area contributed by atoms with E-state index in [1.807, 2.05) is 24.3 Å². The van der Waals surface area contributed by atoms with Crippen LogP contribution in [0.5, 0.6) is 0 Å². The van der Waals surface area contributed by atoms with Gasteiger partial charge in [0.1, 0.15) is 5.71 Å². The zero-order valence-electron chi connectivity index (χ0n) is 11.9. The molecule has 0 saturated heterocycles. The Morgan fingerprint density at radius 2 is 1.82 bits per heavy atom. The summed E-state index contributed by atoms with van der Waals surface area (Å²) in [6.07, 6.45) is 0.363. The summed E-state index contributed by atoms with van der Waals surface area (Å²) in [6.45, 7) is 1.54. The number of hydrogen-bond acceptors (Lipinski definition) is 5. The highest BCUT2D eigenvalue weighted by atomic mass is 32.2. The van der Waals surface area contributed by atoms with Crippen molar-refractivity contribution in [1.82, 2.24) is 0 Å². The molecular weight excluding hydrogens is 298 g/mol. The summed E-state index contributed by atoms with van der Waals surface area (Å²) in [5.41, 5.74) is 2.35. The van der Waals surface area contributed by atoms with Gasteiger partial charge >= 0.3 is 0 Å². The molecule has 2 aromatic rings. The number of fused-ring (bicyclic) bond motifs is 1. The van der Waals surface area contributed by atoms with Gasteiger partial charge in [0.05, 0.1) is 0 Å². The second-order valence-corrected chi connectivity index (χ2v) is 6.20. The first kappa shape index (κ1) is 14.5. The molecule has 1 N–H and O–H groups in total. The quantitative estimate of drug-likeness (QED) is 0.534. The van der Waals surface area contributed by atoms with E-state index >= 15 is 0 Å². The summed E-state index contributed by atoms with van der Waals surface area (Å²) in [7, 11) is 0. The van der Waals surface area contributed by atoms with Gasteiger partial charge in [-0.2, -0.15) is 0 Å². The van der Waals surface area contributed by atoms with E-state index in [4.69, 9.17) is 5.21 Å². The Kier molecular flexibility index (Phi) is 3.81. The van der Waals surface area contributed by atoms with Crippen LogP contribution in [0.4, 0.5) is 0 Å². The van der Waals surface area contributed by atoms with Crippen molar-refractivity contribution in [3.8, 4) is 0 Å². The molecule has 0 amide bonds. The van der Waals surface area contributed by atoms with Gasteiger partial charge in [-0.15, -0.1) is 0 Å². The van der Waals surface area contributed by atoms with Crippen molar-refractivity contribution < 1.29 is 14.8 Å². The number of rotatable bonds is 3. The Bertz CT molecular complexity index is 794. The smallest absolute Gasteiger partial charge is 0.211 e. The monoisotopic (exact) mass is 311 g/mol. The fourth-order valence-electron chi connectivity index (χ4n) is 2.39. The molecule has 0 heterocycles. The maximum Gasteiger partial charge on any atom is 0.211 e. The lowest BCUT2D eigenvalue weighted by molar-refractivity contribution is 0.101. The van der Waals surface area contributed by atoms with Crippen LogP contribution < -0.4 is 0 Å². The van der Waals surface area contributed by atoms with Crippen LogP contribution in [0.25, 0.3) is 0 Å². The van der Waals surface area contributed by atoms with E-state index in [0.717, 1.165) is 15.4 Å². The number of oxime groups is 1. The Labute approximate surface area is 131 Å². The van der Waals surface area contributed by atoms with E-state index in [0.29, 0.717) is 17.5 Å². The van der Waals surface area contributed by atoms with Crippen LogP contribution in [0.3, 0.4) is 0 Å². The van der Waals surface area contributed by atoms with Gasteiger partial charge in [0.25, 0.3) is 0 Å². The summed E-state index contributed by atoms with van der Waals surface area (Å²) in [5.74, 6) is -0.164. The third-order valence-electron chi connectivity index (χ3n) is 3.56. The topological polar surface area (TPSA) is 66.7 Å². The van der Waals surface area contributed by atoms with Crippen LogP contribution in [0.1, 0.15) is 33.2 Å². The Hall–Kier alpha value is -2.40. The molecule has 1 aliphatic carbocycles. The molecule has 2 aromatic carbocycles. The largest absolute Gasteiger partial charge is 0.411 e. The van der Waals surface area contributed by atoms with Crippen molar-refractivity contribution in [2.75, 3.05) is 0 Å². The van der Waals surface area contributed by atoms with Crippen molar-refractivity contribution in [2.24, 2.45) is 5.16 Å². The molecule has 3 rings (SSSR count). The molecular formula is C17H13NO3S. The van der Waals surface area contributed by atoms with E-state index in [-0.39, 0.29) is 17.3 Å². The van der Waals surface area contributed by atoms with E-state index < -0.39 is 0 Å². The highest BCUT2D eigenvalue weighted by molar-refractivity contribution is 7.99. The zero-order valence-corrected chi connectivity index (χ0v) is 12.7. The molecule has 110 valence electrons. The average Bonchev–Trinajstić information content (AvgIpc) is 2.83. The number of nitrogens with zero attached hydrogens (tertiary/aromatic N) is 1. The first-order chi connectivity index (χ1) is 10.6. The Morgan fingerprint density at radius 3 is 2.45 bits per heavy atom. The van der Waals surface area contributed by atoms with Crippen LogP contribution in [0.15, 0.2) is 57.4 Å². The minimum Gasteiger partial charge on any atom is -0.411 e. The van der Waals surface area contributed by atoms with E-state index in [2.05, 4.69) is 5.16 Å². The molecule has 0 saturated carbocycles. The Balaban J connectivity index is 1.83. The third kappa shape index (κ3) is 2.67. The fraction of sp³-hybridized carbons (Fsp3) is 0.118. The highest BCUT2D eigenvalue weighted by Crippen LogP contribution is 2.31.